The van der Waals surface area contributed by atoms with E-state index in [9.17, 15) is 24.3 Å². The number of aromatic amines is 1. The van der Waals surface area contributed by atoms with Gasteiger partial charge >= 0.3 is 12.0 Å². The predicted octanol–water partition coefficient (Wildman–Crippen LogP) is 4.55. The number of imidazole rings is 1. The number of aliphatic carboxylic acids is 1. The lowest BCUT2D eigenvalue weighted by atomic mass is 9.95. The molecule has 2 aliphatic rings. The number of carboxylic acids is 1. The highest BCUT2D eigenvalue weighted by atomic mass is 35.5. The Morgan fingerprint density at radius 3 is 2.73 bits per heavy atom. The Balaban J connectivity index is 1.11. The van der Waals surface area contributed by atoms with Gasteiger partial charge in [-0.25, -0.2) is 14.6 Å². The van der Waals surface area contributed by atoms with Crippen molar-refractivity contribution in [3.05, 3.63) is 97.8 Å². The third kappa shape index (κ3) is 6.18. The molecular weight excluding hydrogens is 619 g/mol. The summed E-state index contributed by atoms with van der Waals surface area (Å²) < 4.78 is 0. The van der Waals surface area contributed by atoms with Gasteiger partial charge in [-0.1, -0.05) is 53.5 Å². The van der Waals surface area contributed by atoms with Gasteiger partial charge in [-0.2, -0.15) is 0 Å². The van der Waals surface area contributed by atoms with E-state index in [4.69, 9.17) is 23.2 Å². The van der Waals surface area contributed by atoms with Gasteiger partial charge in [0.25, 0.3) is 11.8 Å². The molecule has 0 saturated heterocycles. The second kappa shape index (κ2) is 12.4. The molecule has 232 valence electrons. The van der Waals surface area contributed by atoms with Crippen LogP contribution < -0.4 is 16.0 Å². The number of amides is 4. The van der Waals surface area contributed by atoms with E-state index in [-0.39, 0.29) is 39.7 Å². The predicted molar refractivity (Wildman–Crippen MR) is 169 cm³/mol. The number of rotatable bonds is 8. The molecule has 0 unspecified atom stereocenters. The second-order valence-electron chi connectivity index (χ2n) is 11.2. The summed E-state index contributed by atoms with van der Waals surface area (Å²) in [4.78, 5) is 60.6. The fourth-order valence-electron chi connectivity index (χ4n) is 6.02. The van der Waals surface area contributed by atoms with Crippen LogP contribution in [0.3, 0.4) is 0 Å². The van der Waals surface area contributed by atoms with Crippen molar-refractivity contribution in [1.29, 1.82) is 0 Å². The number of carboxylic acid groups (broad SMARTS) is 1. The number of nitrogens with zero attached hydrogens (tertiary/aromatic N) is 2. The Kier molecular flexibility index (Phi) is 8.39. The molecule has 0 saturated carbocycles. The summed E-state index contributed by atoms with van der Waals surface area (Å²) in [6.45, 7) is 2.22. The van der Waals surface area contributed by atoms with Crippen molar-refractivity contribution < 1.29 is 24.3 Å². The largest absolute Gasteiger partial charge is 0.480 e. The summed E-state index contributed by atoms with van der Waals surface area (Å²) in [6, 6.07) is 12.8. The molecule has 4 amide bonds. The van der Waals surface area contributed by atoms with Crippen LogP contribution in [-0.2, 0) is 24.2 Å². The minimum absolute atomic E-state index is 0.00732. The molecule has 1 aliphatic heterocycles. The summed E-state index contributed by atoms with van der Waals surface area (Å²) in [5.74, 6) is -1.66. The summed E-state index contributed by atoms with van der Waals surface area (Å²) >= 11 is 13.1. The van der Waals surface area contributed by atoms with E-state index in [1.54, 1.807) is 4.90 Å². The van der Waals surface area contributed by atoms with E-state index in [1.807, 2.05) is 49.4 Å². The number of hydrogen-bond acceptors (Lipinski definition) is 5. The molecular formula is C32H30Cl2N6O5. The number of halogens is 2. The lowest BCUT2D eigenvalue weighted by Gasteiger charge is -2.30. The number of urea groups is 1. The number of H-pyrrole nitrogens is 1. The second-order valence-corrected chi connectivity index (χ2v) is 12.0. The van der Waals surface area contributed by atoms with E-state index in [1.165, 1.54) is 6.07 Å². The maximum Gasteiger partial charge on any atom is 0.328 e. The fourth-order valence-corrected chi connectivity index (χ4v) is 6.74. The van der Waals surface area contributed by atoms with Crippen molar-refractivity contribution in [2.24, 2.45) is 0 Å². The number of fused-ring (bicyclic) bond motifs is 3. The first kappa shape index (κ1) is 30.4. The third-order valence-corrected chi connectivity index (χ3v) is 8.96. The maximum atomic E-state index is 13.4. The van der Waals surface area contributed by atoms with Crippen LogP contribution >= 0.6 is 23.2 Å². The minimum Gasteiger partial charge on any atom is -0.480 e. The molecule has 1 aromatic heterocycles. The Hall–Kier alpha value is -4.61. The van der Waals surface area contributed by atoms with Crippen molar-refractivity contribution in [3.63, 3.8) is 0 Å². The molecule has 45 heavy (non-hydrogen) atoms. The molecule has 6 rings (SSSR count). The monoisotopic (exact) mass is 648 g/mol. The van der Waals surface area contributed by atoms with Gasteiger partial charge in [0.05, 0.1) is 39.2 Å². The number of benzene rings is 3. The highest BCUT2D eigenvalue weighted by Crippen LogP contribution is 2.35. The molecule has 0 spiro atoms. The van der Waals surface area contributed by atoms with Crippen LogP contribution in [0.4, 0.5) is 4.79 Å². The van der Waals surface area contributed by atoms with E-state index < -0.39 is 23.9 Å². The average Bonchev–Trinajstić information content (AvgIpc) is 3.58. The zero-order valence-electron chi connectivity index (χ0n) is 24.2. The Labute approximate surface area is 268 Å². The molecule has 0 radical (unpaired) electrons. The topological polar surface area (TPSA) is 157 Å². The number of hydrogen-bond donors (Lipinski definition) is 5. The standard InChI is InChI=1S/C32H30Cl2N6O5/c1-16-36-24-8-6-17(12-25(24)37-16)15-40-11-10-20-21(30(40)42)13-22(33)27(28(20)34)29(41)38-26(31(43)44)14-35-32(45)39-23-9-7-18-4-2-3-5-19(18)23/h2-6,8,12-13,23,26H,7,9-11,14-15H2,1H3,(H,36,37)(H,38,41)(H,43,44)(H2,35,39,45)/t23-,26+/m1/s1. The molecule has 0 bridgehead atoms. The van der Waals surface area contributed by atoms with Crippen molar-refractivity contribution in [2.45, 2.75) is 44.8 Å². The first-order chi connectivity index (χ1) is 21.6. The average molecular weight is 650 g/mol. The molecule has 13 heteroatoms. The third-order valence-electron chi connectivity index (χ3n) is 8.24. The highest BCUT2D eigenvalue weighted by molar-refractivity contribution is 6.41. The summed E-state index contributed by atoms with van der Waals surface area (Å²) in [5.41, 5.74) is 5.46. The quantitative estimate of drug-likeness (QED) is 0.189. The number of aryl methyl sites for hydroxylation is 2. The molecule has 2 heterocycles. The zero-order chi connectivity index (χ0) is 31.8. The lowest BCUT2D eigenvalue weighted by molar-refractivity contribution is -0.139. The molecule has 1 aliphatic carbocycles. The van der Waals surface area contributed by atoms with Crippen LogP contribution in [-0.4, -0.2) is 62.9 Å². The van der Waals surface area contributed by atoms with Crippen molar-refractivity contribution in [2.75, 3.05) is 13.1 Å². The van der Waals surface area contributed by atoms with Gasteiger partial charge in [-0.05, 0) is 66.6 Å². The molecule has 4 aromatic rings. The van der Waals surface area contributed by atoms with Gasteiger partial charge in [-0.3, -0.25) is 9.59 Å². The van der Waals surface area contributed by atoms with E-state index in [0.29, 0.717) is 25.1 Å². The van der Waals surface area contributed by atoms with Gasteiger partial charge in [0.2, 0.25) is 0 Å². The number of carbonyl (C=O) groups is 4. The van der Waals surface area contributed by atoms with Crippen LogP contribution in [0.25, 0.3) is 11.0 Å². The Bertz CT molecular complexity index is 1860. The molecule has 3 aromatic carbocycles. The van der Waals surface area contributed by atoms with Crippen molar-refractivity contribution in [1.82, 2.24) is 30.8 Å². The smallest absolute Gasteiger partial charge is 0.328 e. The first-order valence-corrected chi connectivity index (χ1v) is 15.3. The van der Waals surface area contributed by atoms with E-state index >= 15 is 0 Å². The van der Waals surface area contributed by atoms with Gasteiger partial charge in [-0.15, -0.1) is 0 Å². The van der Waals surface area contributed by atoms with Crippen LogP contribution in [0, 0.1) is 6.92 Å². The van der Waals surface area contributed by atoms with E-state index in [0.717, 1.165) is 46.4 Å². The van der Waals surface area contributed by atoms with Crippen molar-refractivity contribution >= 4 is 58.1 Å². The van der Waals surface area contributed by atoms with Gasteiger partial charge in [0.15, 0.2) is 0 Å². The van der Waals surface area contributed by atoms with Gasteiger partial charge < -0.3 is 30.9 Å². The molecule has 0 fully saturated rings. The molecule has 2 atom stereocenters. The molecule has 5 N–H and O–H groups in total. The maximum absolute atomic E-state index is 13.4. The first-order valence-electron chi connectivity index (χ1n) is 14.5. The number of carbonyl (C=O) groups excluding carboxylic acids is 3. The SMILES string of the molecule is Cc1nc2ccc(CN3CCc4c(cc(Cl)c(C(=O)N[C@@H](CNC(=O)N[C@@H]5CCc6ccccc65)C(=O)O)c4Cl)C3=O)cc2[nH]1. The van der Waals surface area contributed by atoms with Gasteiger partial charge in [0.1, 0.15) is 11.9 Å². The van der Waals surface area contributed by atoms with Crippen molar-refractivity contribution in [3.8, 4) is 0 Å². The minimum atomic E-state index is -1.46. The van der Waals surface area contributed by atoms with Gasteiger partial charge in [0, 0.05) is 18.7 Å². The summed E-state index contributed by atoms with van der Waals surface area (Å²) in [7, 11) is 0. The Morgan fingerprint density at radius 2 is 1.93 bits per heavy atom. The Morgan fingerprint density at radius 1 is 1.13 bits per heavy atom. The summed E-state index contributed by atoms with van der Waals surface area (Å²) in [5, 5.41) is 17.5. The normalized spacial score (nSPS) is 16.2. The lowest BCUT2D eigenvalue weighted by Crippen LogP contribution is -2.50. The summed E-state index contributed by atoms with van der Waals surface area (Å²) in [6.07, 6.45) is 1.95. The van der Waals surface area contributed by atoms with E-state index in [2.05, 4.69) is 25.9 Å². The van der Waals surface area contributed by atoms with Crippen LogP contribution in [0.5, 0.6) is 0 Å². The zero-order valence-corrected chi connectivity index (χ0v) is 25.8. The number of aromatic nitrogens is 2. The molecule has 11 nitrogen and oxygen atoms in total. The highest BCUT2D eigenvalue weighted by Gasteiger charge is 2.32. The van der Waals surface area contributed by atoms with Crippen LogP contribution in [0.1, 0.15) is 61.3 Å². The fraction of sp³-hybridized carbons (Fsp3) is 0.281. The van der Waals surface area contributed by atoms with Crippen LogP contribution in [0.15, 0.2) is 48.5 Å². The number of nitrogens with one attached hydrogen (secondary N) is 4. The van der Waals surface area contributed by atoms with Crippen LogP contribution in [0.2, 0.25) is 10.0 Å².